The van der Waals surface area contributed by atoms with E-state index < -0.39 is 0 Å². The molecule has 0 N–H and O–H groups in total. The highest BCUT2D eigenvalue weighted by molar-refractivity contribution is 5.88. The van der Waals surface area contributed by atoms with Gasteiger partial charge in [-0.1, -0.05) is 0 Å². The van der Waals surface area contributed by atoms with Crippen LogP contribution in [0.3, 0.4) is 0 Å². The normalized spacial score (nSPS) is 14.4. The Bertz CT molecular complexity index is 1260. The molecule has 2 aromatic heterocycles. The van der Waals surface area contributed by atoms with Gasteiger partial charge in [-0.25, -0.2) is 0 Å². The molecule has 0 atom stereocenters. The average Bonchev–Trinajstić information content (AvgIpc) is 3.33. The second-order valence-corrected chi connectivity index (χ2v) is 8.37. The van der Waals surface area contributed by atoms with E-state index in [9.17, 15) is 0 Å². The highest BCUT2D eigenvalue weighted by atomic mass is 16.5. The fourth-order valence-corrected chi connectivity index (χ4v) is 4.52. The van der Waals surface area contributed by atoms with Crippen molar-refractivity contribution in [1.82, 2.24) is 9.88 Å². The molecule has 0 unspecified atom stereocenters. The van der Waals surface area contributed by atoms with E-state index >= 15 is 0 Å². The number of aromatic nitrogens is 1. The van der Waals surface area contributed by atoms with Gasteiger partial charge in [0.15, 0.2) is 22.8 Å². The second kappa shape index (κ2) is 9.65. The first kappa shape index (κ1) is 22.1. The molecular weight excluding hydrogens is 430 g/mol. The Morgan fingerprint density at radius 1 is 0.853 bits per heavy atom. The van der Waals surface area contributed by atoms with Crippen molar-refractivity contribution in [1.29, 1.82) is 0 Å². The maximum absolute atomic E-state index is 6.12. The van der Waals surface area contributed by atoms with Gasteiger partial charge < -0.3 is 23.5 Å². The number of anilines is 1. The van der Waals surface area contributed by atoms with Crippen LogP contribution in [0, 0.1) is 0 Å². The van der Waals surface area contributed by atoms with E-state index in [0.29, 0.717) is 0 Å². The van der Waals surface area contributed by atoms with Crippen LogP contribution in [0.2, 0.25) is 0 Å². The molecule has 1 aliphatic rings. The van der Waals surface area contributed by atoms with Gasteiger partial charge in [0.05, 0.1) is 21.3 Å². The molecular formula is C27H29N3O4. The summed E-state index contributed by atoms with van der Waals surface area (Å²) in [6.07, 6.45) is 3.57. The van der Waals surface area contributed by atoms with Gasteiger partial charge in [-0.15, -0.1) is 0 Å². The number of fused-ring (bicyclic) bond motifs is 1. The van der Waals surface area contributed by atoms with Crippen molar-refractivity contribution < 1.29 is 18.6 Å². The molecule has 4 aromatic rings. The van der Waals surface area contributed by atoms with E-state index in [2.05, 4.69) is 39.0 Å². The SMILES string of the molecule is COc1ccc(N2CCN(Cc3cc(OC)c4oc(-c5cccnc5)cc4c3)CC2)cc1OC. The molecule has 1 saturated heterocycles. The molecule has 34 heavy (non-hydrogen) atoms. The van der Waals surface area contributed by atoms with E-state index in [4.69, 9.17) is 18.6 Å². The van der Waals surface area contributed by atoms with Crippen molar-refractivity contribution in [3.05, 3.63) is 66.5 Å². The van der Waals surface area contributed by atoms with Crippen molar-refractivity contribution in [2.75, 3.05) is 52.4 Å². The molecule has 0 saturated carbocycles. The Balaban J connectivity index is 1.29. The topological polar surface area (TPSA) is 60.2 Å². The maximum atomic E-state index is 6.12. The number of furan rings is 1. The number of pyridine rings is 1. The van der Waals surface area contributed by atoms with Crippen LogP contribution >= 0.6 is 0 Å². The van der Waals surface area contributed by atoms with Crippen LogP contribution in [0.1, 0.15) is 5.56 Å². The summed E-state index contributed by atoms with van der Waals surface area (Å²) in [4.78, 5) is 9.06. The number of benzene rings is 2. The number of hydrogen-bond acceptors (Lipinski definition) is 7. The summed E-state index contributed by atoms with van der Waals surface area (Å²) in [5, 5.41) is 1.04. The zero-order chi connectivity index (χ0) is 23.5. The molecule has 0 aliphatic carbocycles. The average molecular weight is 460 g/mol. The summed E-state index contributed by atoms with van der Waals surface area (Å²) >= 11 is 0. The van der Waals surface area contributed by atoms with E-state index in [0.717, 1.165) is 78.0 Å². The number of piperazine rings is 1. The van der Waals surface area contributed by atoms with Gasteiger partial charge in [0, 0.05) is 67.8 Å². The third-order valence-electron chi connectivity index (χ3n) is 6.32. The lowest BCUT2D eigenvalue weighted by Gasteiger charge is -2.36. The van der Waals surface area contributed by atoms with Crippen molar-refractivity contribution in [2.45, 2.75) is 6.54 Å². The number of ether oxygens (including phenoxy) is 3. The van der Waals surface area contributed by atoms with Crippen molar-refractivity contribution >= 4 is 16.7 Å². The van der Waals surface area contributed by atoms with Gasteiger partial charge in [-0.2, -0.15) is 0 Å². The molecule has 0 radical (unpaired) electrons. The number of nitrogens with zero attached hydrogens (tertiary/aromatic N) is 3. The van der Waals surface area contributed by atoms with Crippen LogP contribution in [-0.4, -0.2) is 57.4 Å². The molecule has 3 heterocycles. The second-order valence-electron chi connectivity index (χ2n) is 8.37. The lowest BCUT2D eigenvalue weighted by Crippen LogP contribution is -2.45. The predicted molar refractivity (Wildman–Crippen MR) is 133 cm³/mol. The lowest BCUT2D eigenvalue weighted by atomic mass is 10.1. The largest absolute Gasteiger partial charge is 0.493 e. The molecule has 1 aliphatic heterocycles. The lowest BCUT2D eigenvalue weighted by molar-refractivity contribution is 0.249. The van der Waals surface area contributed by atoms with Gasteiger partial charge >= 0.3 is 0 Å². The summed E-state index contributed by atoms with van der Waals surface area (Å²) in [5.74, 6) is 3.06. The van der Waals surface area contributed by atoms with Gasteiger partial charge in [-0.05, 0) is 48.0 Å². The fourth-order valence-electron chi connectivity index (χ4n) is 4.52. The maximum Gasteiger partial charge on any atom is 0.176 e. The first-order chi connectivity index (χ1) is 16.7. The van der Waals surface area contributed by atoms with Crippen LogP contribution in [0.15, 0.2) is 65.3 Å². The van der Waals surface area contributed by atoms with Crippen molar-refractivity contribution in [3.8, 4) is 28.6 Å². The Kier molecular flexibility index (Phi) is 6.27. The van der Waals surface area contributed by atoms with Gasteiger partial charge in [-0.3, -0.25) is 9.88 Å². The highest BCUT2D eigenvalue weighted by Gasteiger charge is 2.20. The third kappa shape index (κ3) is 4.39. The quantitative estimate of drug-likeness (QED) is 0.392. The molecule has 1 fully saturated rings. The van der Waals surface area contributed by atoms with Gasteiger partial charge in [0.25, 0.3) is 0 Å². The first-order valence-corrected chi connectivity index (χ1v) is 11.4. The Hall–Kier alpha value is -3.71. The smallest absolute Gasteiger partial charge is 0.176 e. The molecule has 7 heteroatoms. The summed E-state index contributed by atoms with van der Waals surface area (Å²) in [6.45, 7) is 4.71. The fraction of sp³-hybridized carbons (Fsp3) is 0.296. The predicted octanol–water partition coefficient (Wildman–Crippen LogP) is 4.84. The molecule has 0 amide bonds. The van der Waals surface area contributed by atoms with Gasteiger partial charge in [0.1, 0.15) is 5.76 Å². The van der Waals surface area contributed by atoms with Crippen LogP contribution < -0.4 is 19.1 Å². The Morgan fingerprint density at radius 3 is 2.35 bits per heavy atom. The molecule has 7 nitrogen and oxygen atoms in total. The van der Waals surface area contributed by atoms with Gasteiger partial charge in [0.2, 0.25) is 0 Å². The number of rotatable bonds is 7. The summed E-state index contributed by atoms with van der Waals surface area (Å²) < 4.78 is 22.6. The van der Waals surface area contributed by atoms with Crippen LogP contribution in [0.25, 0.3) is 22.3 Å². The monoisotopic (exact) mass is 459 g/mol. The van der Waals surface area contributed by atoms with E-state index in [-0.39, 0.29) is 0 Å². The minimum atomic E-state index is 0.750. The third-order valence-corrected chi connectivity index (χ3v) is 6.32. The standard InChI is InChI=1S/C27H29N3O4/c1-31-23-7-6-22(16-25(23)32-2)30-11-9-29(10-12-30)18-19-13-21-15-24(20-5-4-8-28-17-20)34-27(21)26(14-19)33-3/h4-8,13-17H,9-12,18H2,1-3H3. The van der Waals surface area contributed by atoms with Crippen LogP contribution in [-0.2, 0) is 6.54 Å². The van der Waals surface area contributed by atoms with Crippen LogP contribution in [0.5, 0.6) is 17.2 Å². The summed E-state index contributed by atoms with van der Waals surface area (Å²) in [6, 6.07) is 16.4. The number of hydrogen-bond donors (Lipinski definition) is 0. The minimum Gasteiger partial charge on any atom is -0.493 e. The molecule has 5 rings (SSSR count). The first-order valence-electron chi connectivity index (χ1n) is 11.4. The molecule has 0 bridgehead atoms. The summed E-state index contributed by atoms with van der Waals surface area (Å²) in [7, 11) is 5.02. The summed E-state index contributed by atoms with van der Waals surface area (Å²) in [5.41, 5.74) is 4.08. The van der Waals surface area contributed by atoms with Crippen molar-refractivity contribution in [3.63, 3.8) is 0 Å². The molecule has 2 aromatic carbocycles. The van der Waals surface area contributed by atoms with E-state index in [1.165, 1.54) is 5.56 Å². The zero-order valence-electron chi connectivity index (χ0n) is 19.8. The molecule has 0 spiro atoms. The molecule has 176 valence electrons. The minimum absolute atomic E-state index is 0.750. The number of methoxy groups -OCH3 is 3. The highest BCUT2D eigenvalue weighted by Crippen LogP contribution is 2.35. The van der Waals surface area contributed by atoms with Crippen LogP contribution in [0.4, 0.5) is 5.69 Å². The Labute approximate surface area is 199 Å². The Morgan fingerprint density at radius 2 is 1.65 bits per heavy atom. The van der Waals surface area contributed by atoms with Crippen molar-refractivity contribution in [2.24, 2.45) is 0 Å². The zero-order valence-corrected chi connectivity index (χ0v) is 19.8. The van der Waals surface area contributed by atoms with E-state index in [1.54, 1.807) is 27.5 Å². The van der Waals surface area contributed by atoms with E-state index in [1.807, 2.05) is 30.5 Å².